The van der Waals surface area contributed by atoms with E-state index < -0.39 is 0 Å². The molecule has 0 unspecified atom stereocenters. The Labute approximate surface area is 225 Å². The molecule has 1 fully saturated rings. The largest absolute Gasteiger partial charge is 0.493 e. The van der Waals surface area contributed by atoms with E-state index in [9.17, 15) is 4.79 Å². The van der Waals surface area contributed by atoms with Crippen LogP contribution in [0, 0.1) is 0 Å². The van der Waals surface area contributed by atoms with E-state index in [0.29, 0.717) is 27.3 Å². The molecule has 0 atom stereocenters. The van der Waals surface area contributed by atoms with Crippen molar-refractivity contribution < 1.29 is 14.3 Å². The highest BCUT2D eigenvalue weighted by Gasteiger charge is 2.32. The van der Waals surface area contributed by atoms with Gasteiger partial charge in [-0.25, -0.2) is 4.68 Å². The smallest absolute Gasteiger partial charge is 0.266 e. The molecule has 3 aromatic carbocycles. The minimum absolute atomic E-state index is 0.0864. The summed E-state index contributed by atoms with van der Waals surface area (Å²) in [6.45, 7) is 0.540. The van der Waals surface area contributed by atoms with E-state index >= 15 is 0 Å². The lowest BCUT2D eigenvalue weighted by atomic mass is 10.1. The molecule has 6 nitrogen and oxygen atoms in total. The van der Waals surface area contributed by atoms with Gasteiger partial charge in [-0.3, -0.25) is 9.69 Å². The Kier molecular flexibility index (Phi) is 7.39. The summed E-state index contributed by atoms with van der Waals surface area (Å²) in [6, 6.07) is 25.6. The Bertz CT molecular complexity index is 1470. The predicted octanol–water partition coefficient (Wildman–Crippen LogP) is 6.00. The lowest BCUT2D eigenvalue weighted by Crippen LogP contribution is -2.30. The third-order valence-corrected chi connectivity index (χ3v) is 7.43. The molecule has 1 saturated heterocycles. The third-order valence-electron chi connectivity index (χ3n) is 6.05. The lowest BCUT2D eigenvalue weighted by Gasteiger charge is -2.14. The van der Waals surface area contributed by atoms with Gasteiger partial charge in [-0.05, 0) is 48.4 Å². The molecule has 186 valence electrons. The maximum Gasteiger partial charge on any atom is 0.266 e. The fraction of sp³-hybridized carbons (Fsp3) is 0.138. The Morgan fingerprint density at radius 1 is 0.946 bits per heavy atom. The molecule has 0 N–H and O–H groups in total. The summed E-state index contributed by atoms with van der Waals surface area (Å²) < 4.78 is 13.3. The maximum absolute atomic E-state index is 13.3. The number of ether oxygens (including phenoxy) is 2. The van der Waals surface area contributed by atoms with Gasteiger partial charge in [0.05, 0.1) is 24.8 Å². The third kappa shape index (κ3) is 5.30. The first kappa shape index (κ1) is 24.8. The Morgan fingerprint density at radius 3 is 2.35 bits per heavy atom. The molecule has 0 saturated carbocycles. The van der Waals surface area contributed by atoms with Gasteiger partial charge in [0, 0.05) is 23.9 Å². The van der Waals surface area contributed by atoms with Crippen LogP contribution in [0.25, 0.3) is 23.0 Å². The van der Waals surface area contributed by atoms with Crippen LogP contribution in [0.3, 0.4) is 0 Å². The zero-order valence-electron chi connectivity index (χ0n) is 20.5. The number of thioether (sulfide) groups is 1. The van der Waals surface area contributed by atoms with Gasteiger partial charge in [0.25, 0.3) is 5.91 Å². The summed E-state index contributed by atoms with van der Waals surface area (Å²) in [5.41, 5.74) is 4.46. The monoisotopic (exact) mass is 527 g/mol. The van der Waals surface area contributed by atoms with Gasteiger partial charge in [0.1, 0.15) is 10.0 Å². The number of para-hydroxylation sites is 1. The number of hydrogen-bond donors (Lipinski definition) is 0. The fourth-order valence-electron chi connectivity index (χ4n) is 4.13. The number of carbonyl (C=O) groups is 1. The van der Waals surface area contributed by atoms with Crippen LogP contribution in [-0.2, 0) is 11.2 Å². The number of benzene rings is 3. The molecule has 1 amide bonds. The zero-order chi connectivity index (χ0) is 25.8. The van der Waals surface area contributed by atoms with Crippen molar-refractivity contribution in [3.05, 3.63) is 101 Å². The summed E-state index contributed by atoms with van der Waals surface area (Å²) in [4.78, 5) is 15.6. The topological polar surface area (TPSA) is 56.6 Å². The van der Waals surface area contributed by atoms with Gasteiger partial charge in [0.15, 0.2) is 11.5 Å². The standard InChI is InChI=1S/C29H25N3O3S2/c1-34-24-14-13-21(17-25(24)35-2)27-22(19-32(30-27)23-11-7-4-8-12-23)18-26-28(33)31(29(36)37-26)16-15-20-9-5-3-6-10-20/h3-14,17-19H,15-16H2,1-2H3/b26-18-. The number of nitrogens with zero attached hydrogens (tertiary/aromatic N) is 3. The second-order valence-electron chi connectivity index (χ2n) is 8.35. The molecular formula is C29H25N3O3S2. The van der Waals surface area contributed by atoms with E-state index in [1.165, 1.54) is 17.3 Å². The van der Waals surface area contributed by atoms with Crippen molar-refractivity contribution in [2.24, 2.45) is 0 Å². The summed E-state index contributed by atoms with van der Waals surface area (Å²) in [5, 5.41) is 4.87. The van der Waals surface area contributed by atoms with Gasteiger partial charge in [-0.15, -0.1) is 0 Å². The minimum Gasteiger partial charge on any atom is -0.493 e. The summed E-state index contributed by atoms with van der Waals surface area (Å²) in [6.07, 6.45) is 4.54. The van der Waals surface area contributed by atoms with Gasteiger partial charge >= 0.3 is 0 Å². The number of aromatic nitrogens is 2. The molecule has 8 heteroatoms. The average Bonchev–Trinajstić information content (AvgIpc) is 3.48. The highest BCUT2D eigenvalue weighted by Crippen LogP contribution is 2.37. The summed E-state index contributed by atoms with van der Waals surface area (Å²) in [7, 11) is 3.21. The van der Waals surface area contributed by atoms with Crippen LogP contribution in [0.15, 0.2) is 90.0 Å². The normalized spacial score (nSPS) is 14.4. The van der Waals surface area contributed by atoms with Crippen LogP contribution in [0.5, 0.6) is 11.5 Å². The van der Waals surface area contributed by atoms with Crippen LogP contribution in [0.1, 0.15) is 11.1 Å². The van der Waals surface area contributed by atoms with Crippen LogP contribution < -0.4 is 9.47 Å². The summed E-state index contributed by atoms with van der Waals surface area (Å²) >= 11 is 6.89. The van der Waals surface area contributed by atoms with Crippen molar-refractivity contribution in [2.45, 2.75) is 6.42 Å². The quantitative estimate of drug-likeness (QED) is 0.207. The first-order valence-corrected chi connectivity index (χ1v) is 13.0. The van der Waals surface area contributed by atoms with Crippen molar-refractivity contribution in [3.8, 4) is 28.4 Å². The van der Waals surface area contributed by atoms with Gasteiger partial charge in [0.2, 0.25) is 0 Å². The maximum atomic E-state index is 13.3. The van der Waals surface area contributed by atoms with E-state index in [1.54, 1.807) is 19.1 Å². The van der Waals surface area contributed by atoms with Crippen molar-refractivity contribution in [1.29, 1.82) is 0 Å². The molecule has 37 heavy (non-hydrogen) atoms. The minimum atomic E-state index is -0.0864. The van der Waals surface area contributed by atoms with Crippen LogP contribution in [0.2, 0.25) is 0 Å². The van der Waals surface area contributed by atoms with E-state index in [2.05, 4.69) is 12.1 Å². The average molecular weight is 528 g/mol. The van der Waals surface area contributed by atoms with E-state index in [0.717, 1.165) is 28.9 Å². The van der Waals surface area contributed by atoms with E-state index in [4.69, 9.17) is 26.8 Å². The molecule has 2 heterocycles. The number of amides is 1. The fourth-order valence-corrected chi connectivity index (χ4v) is 5.43. The Morgan fingerprint density at radius 2 is 1.65 bits per heavy atom. The van der Waals surface area contributed by atoms with Crippen molar-refractivity contribution in [3.63, 3.8) is 0 Å². The first-order valence-electron chi connectivity index (χ1n) is 11.7. The number of hydrogen-bond acceptors (Lipinski definition) is 6. The van der Waals surface area contributed by atoms with Gasteiger partial charge < -0.3 is 9.47 Å². The van der Waals surface area contributed by atoms with Gasteiger partial charge in [-0.2, -0.15) is 5.10 Å². The Balaban J connectivity index is 1.50. The predicted molar refractivity (Wildman–Crippen MR) is 152 cm³/mol. The molecule has 1 aromatic heterocycles. The summed E-state index contributed by atoms with van der Waals surface area (Å²) in [5.74, 6) is 1.15. The number of carbonyl (C=O) groups excluding carboxylic acids is 1. The molecule has 4 aromatic rings. The van der Waals surface area contributed by atoms with Crippen molar-refractivity contribution >= 4 is 40.3 Å². The lowest BCUT2D eigenvalue weighted by molar-refractivity contribution is -0.122. The number of rotatable bonds is 8. The molecule has 0 bridgehead atoms. The number of methoxy groups -OCH3 is 2. The highest BCUT2D eigenvalue weighted by molar-refractivity contribution is 8.26. The second-order valence-corrected chi connectivity index (χ2v) is 10.0. The van der Waals surface area contributed by atoms with Crippen molar-refractivity contribution in [1.82, 2.24) is 14.7 Å². The SMILES string of the molecule is COc1ccc(-c2nn(-c3ccccc3)cc2/C=C2\SC(=S)N(CCc3ccccc3)C2=O)cc1OC. The van der Waals surface area contributed by atoms with Crippen LogP contribution in [0.4, 0.5) is 0 Å². The molecule has 5 rings (SSSR count). The molecule has 1 aliphatic rings. The van der Waals surface area contributed by atoms with Gasteiger partial charge in [-0.1, -0.05) is 72.5 Å². The van der Waals surface area contributed by atoms with Crippen molar-refractivity contribution in [2.75, 3.05) is 20.8 Å². The number of thiocarbonyl (C=S) groups is 1. The molecule has 0 radical (unpaired) electrons. The molecular weight excluding hydrogens is 502 g/mol. The van der Waals surface area contributed by atoms with E-state index in [1.807, 2.05) is 83.7 Å². The molecule has 1 aliphatic heterocycles. The molecule has 0 spiro atoms. The zero-order valence-corrected chi connectivity index (χ0v) is 22.1. The van der Waals surface area contributed by atoms with Crippen LogP contribution >= 0.6 is 24.0 Å². The molecule has 0 aliphatic carbocycles. The second kappa shape index (κ2) is 11.0. The van der Waals surface area contributed by atoms with E-state index in [-0.39, 0.29) is 5.91 Å². The Hall–Kier alpha value is -3.88. The highest BCUT2D eigenvalue weighted by atomic mass is 32.2. The van der Waals surface area contributed by atoms with Crippen LogP contribution in [-0.4, -0.2) is 45.7 Å². The first-order chi connectivity index (χ1) is 18.1.